The highest BCUT2D eigenvalue weighted by molar-refractivity contribution is 6.07. The lowest BCUT2D eigenvalue weighted by Gasteiger charge is -2.21. The third-order valence-electron chi connectivity index (χ3n) is 6.49. The van der Waals surface area contributed by atoms with Crippen molar-refractivity contribution >= 4 is 27.7 Å². The molecule has 0 radical (unpaired) electrons. The van der Waals surface area contributed by atoms with Gasteiger partial charge in [0.2, 0.25) is 0 Å². The molecular formula is C25H23N7O. The van der Waals surface area contributed by atoms with Crippen LogP contribution in [0.5, 0.6) is 0 Å². The molecule has 0 bridgehead atoms. The Kier molecular flexibility index (Phi) is 4.64. The number of H-pyrrole nitrogens is 1. The van der Waals surface area contributed by atoms with Gasteiger partial charge < -0.3 is 9.88 Å². The highest BCUT2D eigenvalue weighted by Gasteiger charge is 2.22. The zero-order chi connectivity index (χ0) is 22.4. The van der Waals surface area contributed by atoms with Crippen LogP contribution in [-0.4, -0.2) is 35.6 Å². The largest absolute Gasteiger partial charge is 0.345 e. The second-order valence-corrected chi connectivity index (χ2v) is 8.48. The van der Waals surface area contributed by atoms with Crippen molar-refractivity contribution in [2.45, 2.75) is 32.2 Å². The smallest absolute Gasteiger partial charge is 0.253 e. The van der Waals surface area contributed by atoms with E-state index < -0.39 is 0 Å². The van der Waals surface area contributed by atoms with Crippen molar-refractivity contribution < 1.29 is 4.79 Å². The van der Waals surface area contributed by atoms with Gasteiger partial charge in [0.1, 0.15) is 5.82 Å². The van der Waals surface area contributed by atoms with E-state index in [0.29, 0.717) is 12.1 Å². The van der Waals surface area contributed by atoms with E-state index in [2.05, 4.69) is 25.5 Å². The molecule has 8 nitrogen and oxygen atoms in total. The zero-order valence-corrected chi connectivity index (χ0v) is 18.3. The van der Waals surface area contributed by atoms with Gasteiger partial charge in [0.25, 0.3) is 5.91 Å². The number of aryl methyl sites for hydroxylation is 2. The number of benzene rings is 1. The van der Waals surface area contributed by atoms with Gasteiger partial charge in [0.05, 0.1) is 40.7 Å². The van der Waals surface area contributed by atoms with Crippen LogP contribution in [0.15, 0.2) is 49.1 Å². The number of carbonyl (C=O) groups excluding carboxylic acids is 1. The lowest BCUT2D eigenvalue weighted by molar-refractivity contribution is 0.0949. The number of nitrogens with zero attached hydrogens (tertiary/aromatic N) is 5. The van der Waals surface area contributed by atoms with Gasteiger partial charge in [0, 0.05) is 36.4 Å². The number of aromatic nitrogens is 6. The molecule has 33 heavy (non-hydrogen) atoms. The summed E-state index contributed by atoms with van der Waals surface area (Å²) in [6.07, 6.45) is 11.4. The molecule has 0 atom stereocenters. The van der Waals surface area contributed by atoms with E-state index in [1.54, 1.807) is 12.4 Å². The van der Waals surface area contributed by atoms with Gasteiger partial charge in [0.15, 0.2) is 0 Å². The number of hydrogen-bond acceptors (Lipinski definition) is 5. The summed E-state index contributed by atoms with van der Waals surface area (Å²) in [5.41, 5.74) is 6.83. The summed E-state index contributed by atoms with van der Waals surface area (Å²) in [5, 5.41) is 12.5. The molecule has 0 spiro atoms. The SMILES string of the molecule is Cn1ccnc1CNC(=O)c1ccc(-c2nc3ccc4[nH]ncc4c3c3c2CCCC3)nc1. The molecule has 0 unspecified atom stereocenters. The molecule has 0 saturated carbocycles. The summed E-state index contributed by atoms with van der Waals surface area (Å²) in [6.45, 7) is 0.367. The Morgan fingerprint density at radius 1 is 1.09 bits per heavy atom. The molecule has 1 aromatic carbocycles. The Hall–Kier alpha value is -4.07. The summed E-state index contributed by atoms with van der Waals surface area (Å²) in [6, 6.07) is 7.79. The number of amides is 1. The molecule has 164 valence electrons. The quantitative estimate of drug-likeness (QED) is 0.446. The van der Waals surface area contributed by atoms with E-state index in [-0.39, 0.29) is 5.91 Å². The first-order valence-electron chi connectivity index (χ1n) is 11.2. The predicted molar refractivity (Wildman–Crippen MR) is 126 cm³/mol. The Morgan fingerprint density at radius 2 is 1.97 bits per heavy atom. The molecule has 1 amide bonds. The zero-order valence-electron chi connectivity index (χ0n) is 18.3. The van der Waals surface area contributed by atoms with Crippen LogP contribution in [0.1, 0.15) is 40.2 Å². The maximum absolute atomic E-state index is 12.6. The number of hydrogen-bond donors (Lipinski definition) is 2. The molecule has 1 aliphatic carbocycles. The van der Waals surface area contributed by atoms with Crippen molar-refractivity contribution in [1.82, 2.24) is 35.0 Å². The van der Waals surface area contributed by atoms with Crippen LogP contribution in [0.4, 0.5) is 0 Å². The molecular weight excluding hydrogens is 414 g/mol. The molecule has 0 saturated heterocycles. The molecule has 2 N–H and O–H groups in total. The van der Waals surface area contributed by atoms with Crippen molar-refractivity contribution in [2.24, 2.45) is 7.05 Å². The van der Waals surface area contributed by atoms with Crippen molar-refractivity contribution in [3.8, 4) is 11.4 Å². The molecule has 5 aromatic rings. The summed E-state index contributed by atoms with van der Waals surface area (Å²) < 4.78 is 1.88. The van der Waals surface area contributed by atoms with E-state index in [1.807, 2.05) is 48.3 Å². The number of rotatable bonds is 4. The van der Waals surface area contributed by atoms with Crippen molar-refractivity contribution in [3.63, 3.8) is 0 Å². The summed E-state index contributed by atoms with van der Waals surface area (Å²) in [4.78, 5) is 26.5. The Balaban J connectivity index is 1.35. The highest BCUT2D eigenvalue weighted by atomic mass is 16.1. The van der Waals surface area contributed by atoms with E-state index in [1.165, 1.54) is 22.9 Å². The minimum Gasteiger partial charge on any atom is -0.345 e. The van der Waals surface area contributed by atoms with Crippen LogP contribution in [0.25, 0.3) is 33.2 Å². The summed E-state index contributed by atoms with van der Waals surface area (Å²) in [7, 11) is 1.90. The lowest BCUT2D eigenvalue weighted by Crippen LogP contribution is -2.24. The predicted octanol–water partition coefficient (Wildman–Crippen LogP) is 3.72. The van der Waals surface area contributed by atoms with Gasteiger partial charge in [-0.25, -0.2) is 9.97 Å². The van der Waals surface area contributed by atoms with Gasteiger partial charge in [-0.3, -0.25) is 14.9 Å². The van der Waals surface area contributed by atoms with Crippen LogP contribution in [-0.2, 0) is 26.4 Å². The first-order chi connectivity index (χ1) is 16.2. The molecule has 0 aliphatic heterocycles. The molecule has 4 heterocycles. The lowest BCUT2D eigenvalue weighted by atomic mass is 9.86. The van der Waals surface area contributed by atoms with E-state index in [9.17, 15) is 4.79 Å². The fourth-order valence-electron chi connectivity index (χ4n) is 4.76. The highest BCUT2D eigenvalue weighted by Crippen LogP contribution is 2.37. The van der Waals surface area contributed by atoms with Crippen LogP contribution < -0.4 is 5.32 Å². The average Bonchev–Trinajstić information content (AvgIpc) is 3.50. The first-order valence-corrected chi connectivity index (χ1v) is 11.2. The van der Waals surface area contributed by atoms with Crippen molar-refractivity contribution in [2.75, 3.05) is 0 Å². The van der Waals surface area contributed by atoms with Gasteiger partial charge in [-0.2, -0.15) is 5.10 Å². The minimum absolute atomic E-state index is 0.173. The topological polar surface area (TPSA) is 101 Å². The normalized spacial score (nSPS) is 13.4. The third kappa shape index (κ3) is 3.34. The number of pyridine rings is 2. The molecule has 4 aromatic heterocycles. The third-order valence-corrected chi connectivity index (χ3v) is 6.49. The van der Waals surface area contributed by atoms with Crippen LogP contribution in [0, 0.1) is 0 Å². The summed E-state index contributed by atoms with van der Waals surface area (Å²) in [5.74, 6) is 0.625. The van der Waals surface area contributed by atoms with Crippen LogP contribution in [0.2, 0.25) is 0 Å². The Labute approximate surface area is 190 Å². The van der Waals surface area contributed by atoms with Gasteiger partial charge in [-0.05, 0) is 61.1 Å². The van der Waals surface area contributed by atoms with Crippen molar-refractivity contribution in [1.29, 1.82) is 0 Å². The number of nitrogens with one attached hydrogen (secondary N) is 2. The maximum Gasteiger partial charge on any atom is 0.253 e. The van der Waals surface area contributed by atoms with E-state index in [4.69, 9.17) is 4.98 Å². The number of carbonyl (C=O) groups is 1. The number of aromatic amines is 1. The van der Waals surface area contributed by atoms with E-state index >= 15 is 0 Å². The molecule has 6 rings (SSSR count). The fourth-order valence-corrected chi connectivity index (χ4v) is 4.76. The maximum atomic E-state index is 12.6. The average molecular weight is 438 g/mol. The van der Waals surface area contributed by atoms with E-state index in [0.717, 1.165) is 52.9 Å². The first kappa shape index (κ1) is 19.6. The fraction of sp³-hybridized carbons (Fsp3) is 0.240. The summed E-state index contributed by atoms with van der Waals surface area (Å²) >= 11 is 0. The van der Waals surface area contributed by atoms with Crippen LogP contribution in [0.3, 0.4) is 0 Å². The van der Waals surface area contributed by atoms with Gasteiger partial charge in [-0.1, -0.05) is 0 Å². The number of fused-ring (bicyclic) bond motifs is 5. The van der Waals surface area contributed by atoms with Gasteiger partial charge >= 0.3 is 0 Å². The number of imidazole rings is 1. The van der Waals surface area contributed by atoms with Gasteiger partial charge in [-0.15, -0.1) is 0 Å². The van der Waals surface area contributed by atoms with Crippen molar-refractivity contribution in [3.05, 3.63) is 71.6 Å². The monoisotopic (exact) mass is 437 g/mol. The minimum atomic E-state index is -0.173. The molecule has 8 heteroatoms. The van der Waals surface area contributed by atoms with Crippen LogP contribution >= 0.6 is 0 Å². The second kappa shape index (κ2) is 7.81. The Bertz CT molecular complexity index is 1500. The Morgan fingerprint density at radius 3 is 2.76 bits per heavy atom. The molecule has 0 fully saturated rings. The second-order valence-electron chi connectivity index (χ2n) is 8.48. The molecule has 1 aliphatic rings. The standard InChI is InChI=1S/C25H23N7O/c1-32-11-10-26-22(32)14-28-25(33)15-6-7-21(27-12-15)24-17-5-3-2-4-16(17)23-18-13-29-31-19(18)8-9-20(23)30-24/h6-13H,2-5,14H2,1H3,(H,28,33)(H,29,31).